The summed E-state index contributed by atoms with van der Waals surface area (Å²) in [5, 5.41) is 8.56. The molecule has 0 amide bonds. The van der Waals surface area contributed by atoms with Crippen LogP contribution in [-0.4, -0.2) is 11.1 Å². The van der Waals surface area contributed by atoms with E-state index in [0.29, 0.717) is 0 Å². The minimum absolute atomic E-state index is 0.0812. The lowest BCUT2D eigenvalue weighted by atomic mass is 10.0. The molecule has 2 nitrogen and oxygen atoms in total. The third-order valence-electron chi connectivity index (χ3n) is 1.84. The van der Waals surface area contributed by atoms with Gasteiger partial charge in [0.25, 0.3) is 0 Å². The van der Waals surface area contributed by atoms with Crippen molar-refractivity contribution >= 4 is 5.97 Å². The van der Waals surface area contributed by atoms with Crippen LogP contribution in [0.15, 0.2) is 6.07 Å². The highest BCUT2D eigenvalue weighted by Gasteiger charge is 2.21. The van der Waals surface area contributed by atoms with E-state index < -0.39 is 34.5 Å². The quantitative estimate of drug-likeness (QED) is 0.751. The molecule has 14 heavy (non-hydrogen) atoms. The van der Waals surface area contributed by atoms with Gasteiger partial charge in [0.1, 0.15) is 11.4 Å². The number of hydrogen-bond donors (Lipinski definition) is 1. The highest BCUT2D eigenvalue weighted by Crippen LogP contribution is 2.21. The average molecular weight is 204 g/mol. The molecule has 0 aliphatic rings. The van der Waals surface area contributed by atoms with Crippen LogP contribution < -0.4 is 0 Å². The molecule has 0 atom stereocenters. The van der Waals surface area contributed by atoms with E-state index in [4.69, 9.17) is 5.11 Å². The second kappa shape index (κ2) is 3.69. The van der Waals surface area contributed by atoms with Crippen molar-refractivity contribution in [1.82, 2.24) is 0 Å². The van der Waals surface area contributed by atoms with E-state index in [-0.39, 0.29) is 12.5 Å². The fourth-order valence-electron chi connectivity index (χ4n) is 1.21. The van der Waals surface area contributed by atoms with Gasteiger partial charge in [-0.25, -0.2) is 18.0 Å². The summed E-state index contributed by atoms with van der Waals surface area (Å²) in [4.78, 5) is 10.5. The average Bonchev–Trinajstić information content (AvgIpc) is 2.09. The number of halogens is 3. The Hall–Kier alpha value is -1.52. The molecule has 0 heterocycles. The van der Waals surface area contributed by atoms with Crippen molar-refractivity contribution in [1.29, 1.82) is 0 Å². The van der Waals surface area contributed by atoms with E-state index in [2.05, 4.69) is 0 Å². The van der Waals surface area contributed by atoms with Gasteiger partial charge in [-0.15, -0.1) is 0 Å². The summed E-state index contributed by atoms with van der Waals surface area (Å²) in [5.41, 5.74) is -1.25. The first-order valence-corrected chi connectivity index (χ1v) is 3.88. The number of carbonyl (C=O) groups is 1. The summed E-state index contributed by atoms with van der Waals surface area (Å²) in [6.45, 7) is 1.42. The van der Waals surface area contributed by atoms with Crippen molar-refractivity contribution in [2.45, 2.75) is 13.3 Å². The number of rotatable bonds is 2. The van der Waals surface area contributed by atoms with Gasteiger partial charge in [-0.3, -0.25) is 0 Å². The summed E-state index contributed by atoms with van der Waals surface area (Å²) in [7, 11) is 0. The first-order chi connectivity index (χ1) is 6.49. The molecule has 0 saturated heterocycles. The SMILES string of the molecule is CCc1c(F)c(F)cc(F)c1C(=O)O. The van der Waals surface area contributed by atoms with Crippen LogP contribution in [0.4, 0.5) is 13.2 Å². The van der Waals surface area contributed by atoms with Gasteiger partial charge in [-0.1, -0.05) is 6.92 Å². The number of carboxylic acid groups (broad SMARTS) is 1. The molecule has 0 aromatic heterocycles. The Morgan fingerprint density at radius 3 is 2.36 bits per heavy atom. The molecule has 1 aromatic carbocycles. The van der Waals surface area contributed by atoms with Crippen LogP contribution in [0.25, 0.3) is 0 Å². The van der Waals surface area contributed by atoms with Crippen LogP contribution in [0.1, 0.15) is 22.8 Å². The van der Waals surface area contributed by atoms with Gasteiger partial charge < -0.3 is 5.11 Å². The number of aromatic carboxylic acids is 1. The fourth-order valence-corrected chi connectivity index (χ4v) is 1.21. The van der Waals surface area contributed by atoms with Crippen LogP contribution in [0.3, 0.4) is 0 Å². The molecule has 76 valence electrons. The van der Waals surface area contributed by atoms with Crippen molar-refractivity contribution in [3.8, 4) is 0 Å². The topological polar surface area (TPSA) is 37.3 Å². The van der Waals surface area contributed by atoms with Crippen LogP contribution in [0.2, 0.25) is 0 Å². The smallest absolute Gasteiger partial charge is 0.339 e. The first kappa shape index (κ1) is 10.6. The maximum absolute atomic E-state index is 13.0. The Bertz CT molecular complexity index is 388. The molecule has 1 N–H and O–H groups in total. The molecule has 0 bridgehead atoms. The molecule has 0 radical (unpaired) electrons. The minimum atomic E-state index is -1.60. The monoisotopic (exact) mass is 204 g/mol. The maximum atomic E-state index is 13.0. The van der Waals surface area contributed by atoms with E-state index in [1.807, 2.05) is 0 Å². The molecule has 1 rings (SSSR count). The van der Waals surface area contributed by atoms with Crippen molar-refractivity contribution in [2.75, 3.05) is 0 Å². The maximum Gasteiger partial charge on any atom is 0.339 e. The van der Waals surface area contributed by atoms with Crippen molar-refractivity contribution < 1.29 is 23.1 Å². The van der Waals surface area contributed by atoms with Crippen LogP contribution in [0, 0.1) is 17.5 Å². The fraction of sp³-hybridized carbons (Fsp3) is 0.222. The van der Waals surface area contributed by atoms with E-state index in [9.17, 15) is 18.0 Å². The highest BCUT2D eigenvalue weighted by molar-refractivity contribution is 5.89. The molecule has 0 saturated carbocycles. The number of carboxylic acids is 1. The summed E-state index contributed by atoms with van der Waals surface area (Å²) < 4.78 is 38.6. The molecule has 5 heteroatoms. The standard InChI is InChI=1S/C9H7F3O2/c1-2-4-7(9(13)14)5(10)3-6(11)8(4)12/h3H,2H2,1H3,(H,13,14). The lowest BCUT2D eigenvalue weighted by molar-refractivity contribution is 0.0689. The predicted molar refractivity (Wildman–Crippen MR) is 42.7 cm³/mol. The normalized spacial score (nSPS) is 10.3. The van der Waals surface area contributed by atoms with E-state index >= 15 is 0 Å². The van der Waals surface area contributed by atoms with Gasteiger partial charge in [0.2, 0.25) is 0 Å². The number of benzene rings is 1. The predicted octanol–water partition coefficient (Wildman–Crippen LogP) is 2.36. The Kier molecular flexibility index (Phi) is 2.78. The highest BCUT2D eigenvalue weighted by atomic mass is 19.2. The van der Waals surface area contributed by atoms with E-state index in [1.165, 1.54) is 6.92 Å². The van der Waals surface area contributed by atoms with E-state index in [0.717, 1.165) is 0 Å². The molecule has 0 fully saturated rings. The first-order valence-electron chi connectivity index (χ1n) is 3.88. The summed E-state index contributed by atoms with van der Waals surface area (Å²) in [5.74, 6) is -5.53. The van der Waals surface area contributed by atoms with Crippen LogP contribution in [-0.2, 0) is 6.42 Å². The third-order valence-corrected chi connectivity index (χ3v) is 1.84. The molecule has 0 aliphatic carbocycles. The largest absolute Gasteiger partial charge is 0.478 e. The van der Waals surface area contributed by atoms with Gasteiger partial charge in [0, 0.05) is 11.6 Å². The summed E-state index contributed by atoms with van der Waals surface area (Å²) in [6.07, 6.45) is -0.0812. The Balaban J connectivity index is 3.55. The lowest BCUT2D eigenvalue weighted by Crippen LogP contribution is -2.09. The zero-order valence-corrected chi connectivity index (χ0v) is 7.27. The van der Waals surface area contributed by atoms with Crippen molar-refractivity contribution in [2.24, 2.45) is 0 Å². The summed E-state index contributed by atoms with van der Waals surface area (Å²) in [6, 6.07) is 0.234. The Morgan fingerprint density at radius 2 is 1.93 bits per heavy atom. The molecular weight excluding hydrogens is 197 g/mol. The molecule has 0 unspecified atom stereocenters. The van der Waals surface area contributed by atoms with Crippen LogP contribution >= 0.6 is 0 Å². The second-order valence-electron chi connectivity index (χ2n) is 2.67. The van der Waals surface area contributed by atoms with Gasteiger partial charge >= 0.3 is 5.97 Å². The zero-order valence-electron chi connectivity index (χ0n) is 7.27. The zero-order chi connectivity index (χ0) is 10.9. The van der Waals surface area contributed by atoms with Gasteiger partial charge in [-0.05, 0) is 6.42 Å². The van der Waals surface area contributed by atoms with Gasteiger partial charge in [0.15, 0.2) is 11.6 Å². The molecule has 0 aliphatic heterocycles. The Morgan fingerprint density at radius 1 is 1.36 bits per heavy atom. The molecular formula is C9H7F3O2. The minimum Gasteiger partial charge on any atom is -0.478 e. The third kappa shape index (κ3) is 1.57. The van der Waals surface area contributed by atoms with Crippen molar-refractivity contribution in [3.63, 3.8) is 0 Å². The lowest BCUT2D eigenvalue weighted by Gasteiger charge is -2.06. The molecule has 0 spiro atoms. The van der Waals surface area contributed by atoms with Crippen molar-refractivity contribution in [3.05, 3.63) is 34.6 Å². The van der Waals surface area contributed by atoms with Crippen LogP contribution in [0.5, 0.6) is 0 Å². The van der Waals surface area contributed by atoms with Gasteiger partial charge in [-0.2, -0.15) is 0 Å². The summed E-state index contributed by atoms with van der Waals surface area (Å²) >= 11 is 0. The van der Waals surface area contributed by atoms with Gasteiger partial charge in [0.05, 0.1) is 0 Å². The Labute approximate surface area is 78.0 Å². The van der Waals surface area contributed by atoms with E-state index in [1.54, 1.807) is 0 Å². The molecule has 1 aromatic rings. The second-order valence-corrected chi connectivity index (χ2v) is 2.67. The number of hydrogen-bond acceptors (Lipinski definition) is 1.